The molecule has 0 unspecified atom stereocenters. The van der Waals surface area contributed by atoms with Crippen LogP contribution in [0.25, 0.3) is 0 Å². The van der Waals surface area contributed by atoms with Gasteiger partial charge >= 0.3 is 0 Å². The summed E-state index contributed by atoms with van der Waals surface area (Å²) in [7, 11) is 0. The molecule has 0 aliphatic heterocycles. The number of rotatable bonds is 5. The van der Waals surface area contributed by atoms with Crippen molar-refractivity contribution in [2.24, 2.45) is 5.41 Å². The third kappa shape index (κ3) is 3.59. The van der Waals surface area contributed by atoms with Crippen LogP contribution in [0.15, 0.2) is 42.5 Å². The lowest BCUT2D eigenvalue weighted by Crippen LogP contribution is -2.35. The number of hydrogen-bond donors (Lipinski definition) is 2. The second kappa shape index (κ2) is 7.09. The molecule has 2 amide bonds. The van der Waals surface area contributed by atoms with Crippen LogP contribution in [0.2, 0.25) is 10.0 Å². The molecule has 7 heteroatoms. The van der Waals surface area contributed by atoms with Crippen molar-refractivity contribution in [1.82, 2.24) is 0 Å². The van der Waals surface area contributed by atoms with Gasteiger partial charge in [-0.1, -0.05) is 41.4 Å². The maximum absolute atomic E-state index is 12.7. The number of anilines is 2. The quantitative estimate of drug-likeness (QED) is 0.580. The van der Waals surface area contributed by atoms with E-state index in [1.165, 1.54) is 6.92 Å². The minimum atomic E-state index is -1.16. The van der Waals surface area contributed by atoms with E-state index in [4.69, 9.17) is 23.2 Å². The second-order valence-electron chi connectivity index (χ2n) is 6.22. The average Bonchev–Trinajstić information content (AvgIpc) is 3.40. The van der Waals surface area contributed by atoms with Gasteiger partial charge in [-0.3, -0.25) is 14.4 Å². The van der Waals surface area contributed by atoms with E-state index in [0.717, 1.165) is 0 Å². The van der Waals surface area contributed by atoms with Crippen LogP contribution in [0.3, 0.4) is 0 Å². The van der Waals surface area contributed by atoms with Gasteiger partial charge in [0.25, 0.3) is 0 Å². The molecule has 2 N–H and O–H groups in total. The van der Waals surface area contributed by atoms with E-state index in [0.29, 0.717) is 39.8 Å². The van der Waals surface area contributed by atoms with Crippen molar-refractivity contribution >= 4 is 52.2 Å². The van der Waals surface area contributed by atoms with Gasteiger partial charge in [0, 0.05) is 11.3 Å². The zero-order valence-corrected chi connectivity index (χ0v) is 15.4. The molecular weight excluding hydrogens is 375 g/mol. The van der Waals surface area contributed by atoms with Crippen LogP contribution in [0.1, 0.15) is 30.1 Å². The molecule has 0 bridgehead atoms. The summed E-state index contributed by atoms with van der Waals surface area (Å²) in [5, 5.41) is 5.98. The summed E-state index contributed by atoms with van der Waals surface area (Å²) in [4.78, 5) is 36.8. The van der Waals surface area contributed by atoms with E-state index < -0.39 is 17.2 Å². The maximum Gasteiger partial charge on any atom is 0.240 e. The number of benzene rings is 2. The molecule has 0 radical (unpaired) electrons. The van der Waals surface area contributed by atoms with Crippen LogP contribution < -0.4 is 10.6 Å². The molecule has 0 atom stereocenters. The molecule has 0 spiro atoms. The lowest BCUT2D eigenvalue weighted by molar-refractivity contribution is -0.131. The number of para-hydroxylation sites is 1. The van der Waals surface area contributed by atoms with E-state index in [-0.39, 0.29) is 5.78 Å². The van der Waals surface area contributed by atoms with Crippen molar-refractivity contribution in [1.29, 1.82) is 0 Å². The zero-order chi connectivity index (χ0) is 18.9. The number of amides is 2. The molecule has 0 saturated heterocycles. The Hall–Kier alpha value is -2.37. The van der Waals surface area contributed by atoms with E-state index in [1.807, 2.05) is 0 Å². The van der Waals surface area contributed by atoms with Gasteiger partial charge in [-0.2, -0.15) is 0 Å². The Morgan fingerprint density at radius 2 is 1.50 bits per heavy atom. The molecule has 134 valence electrons. The minimum absolute atomic E-state index is 0.103. The average molecular weight is 391 g/mol. The van der Waals surface area contributed by atoms with Gasteiger partial charge in [0.05, 0.1) is 15.7 Å². The fourth-order valence-corrected chi connectivity index (χ4v) is 3.09. The Kier molecular flexibility index (Phi) is 5.03. The molecular formula is C19H16Cl2N2O3. The van der Waals surface area contributed by atoms with E-state index in [9.17, 15) is 14.4 Å². The van der Waals surface area contributed by atoms with Crippen molar-refractivity contribution in [2.75, 3.05) is 10.6 Å². The van der Waals surface area contributed by atoms with Crippen molar-refractivity contribution in [2.45, 2.75) is 19.8 Å². The SMILES string of the molecule is CC(=O)c1cccc(NC(=O)C2(C(=O)Nc3c(Cl)cccc3Cl)CC2)c1. The molecule has 1 saturated carbocycles. The Morgan fingerprint density at radius 1 is 0.923 bits per heavy atom. The van der Waals surface area contributed by atoms with Crippen LogP contribution >= 0.6 is 23.2 Å². The Balaban J connectivity index is 1.76. The predicted octanol–water partition coefficient (Wildman–Crippen LogP) is 4.55. The molecule has 5 nitrogen and oxygen atoms in total. The van der Waals surface area contributed by atoms with Crippen LogP contribution in [0, 0.1) is 5.41 Å². The lowest BCUT2D eigenvalue weighted by Gasteiger charge is -2.17. The van der Waals surface area contributed by atoms with E-state index in [1.54, 1.807) is 42.5 Å². The summed E-state index contributed by atoms with van der Waals surface area (Å²) in [5.74, 6) is -0.972. The fourth-order valence-electron chi connectivity index (χ4n) is 2.60. The molecule has 0 aromatic heterocycles. The smallest absolute Gasteiger partial charge is 0.240 e. The molecule has 3 rings (SSSR count). The summed E-state index contributed by atoms with van der Waals surface area (Å²) in [6.45, 7) is 1.45. The second-order valence-corrected chi connectivity index (χ2v) is 7.04. The Bertz CT molecular complexity index is 887. The molecule has 2 aromatic carbocycles. The first-order valence-electron chi connectivity index (χ1n) is 8.01. The molecule has 2 aromatic rings. The summed E-state index contributed by atoms with van der Waals surface area (Å²) in [6.07, 6.45) is 0.859. The number of carbonyl (C=O) groups excluding carboxylic acids is 3. The summed E-state index contributed by atoms with van der Waals surface area (Å²) < 4.78 is 0. The van der Waals surface area contributed by atoms with Crippen LogP contribution in [0.4, 0.5) is 11.4 Å². The number of carbonyl (C=O) groups is 3. The number of nitrogens with one attached hydrogen (secondary N) is 2. The van der Waals surface area contributed by atoms with Gasteiger partial charge in [0.15, 0.2) is 5.78 Å². The van der Waals surface area contributed by atoms with Gasteiger partial charge in [-0.05, 0) is 44.0 Å². The summed E-state index contributed by atoms with van der Waals surface area (Å²) >= 11 is 12.1. The van der Waals surface area contributed by atoms with Crippen LogP contribution in [0.5, 0.6) is 0 Å². The van der Waals surface area contributed by atoms with Gasteiger partial charge in [-0.25, -0.2) is 0 Å². The highest BCUT2D eigenvalue weighted by Gasteiger charge is 2.56. The standard InChI is InChI=1S/C19H16Cl2N2O3/c1-11(24)12-4-2-5-13(10-12)22-17(25)19(8-9-19)18(26)23-16-14(20)6-3-7-15(16)21/h2-7,10H,8-9H2,1H3,(H,22,25)(H,23,26). The van der Waals surface area contributed by atoms with Crippen LogP contribution in [-0.4, -0.2) is 17.6 Å². The number of ketones is 1. The van der Waals surface area contributed by atoms with Gasteiger partial charge in [-0.15, -0.1) is 0 Å². The monoisotopic (exact) mass is 390 g/mol. The maximum atomic E-state index is 12.7. The summed E-state index contributed by atoms with van der Waals surface area (Å²) in [6, 6.07) is 11.5. The van der Waals surface area contributed by atoms with Crippen LogP contribution in [-0.2, 0) is 9.59 Å². The van der Waals surface area contributed by atoms with Crippen molar-refractivity contribution in [3.05, 3.63) is 58.1 Å². The van der Waals surface area contributed by atoms with Crippen molar-refractivity contribution < 1.29 is 14.4 Å². The van der Waals surface area contributed by atoms with Gasteiger partial charge in [0.1, 0.15) is 5.41 Å². The normalized spacial score (nSPS) is 14.4. The van der Waals surface area contributed by atoms with E-state index in [2.05, 4.69) is 10.6 Å². The summed E-state index contributed by atoms with van der Waals surface area (Å²) in [5.41, 5.74) is 0.0883. The highest BCUT2D eigenvalue weighted by molar-refractivity contribution is 6.40. The predicted molar refractivity (Wildman–Crippen MR) is 102 cm³/mol. The zero-order valence-electron chi connectivity index (χ0n) is 13.9. The molecule has 0 heterocycles. The van der Waals surface area contributed by atoms with Crippen molar-refractivity contribution in [3.63, 3.8) is 0 Å². The van der Waals surface area contributed by atoms with E-state index >= 15 is 0 Å². The Morgan fingerprint density at radius 3 is 2.08 bits per heavy atom. The molecule has 26 heavy (non-hydrogen) atoms. The number of halogens is 2. The molecule has 1 aliphatic carbocycles. The van der Waals surface area contributed by atoms with Crippen molar-refractivity contribution in [3.8, 4) is 0 Å². The number of Topliss-reactive ketones (excluding diaryl/α,β-unsaturated/α-hetero) is 1. The minimum Gasteiger partial charge on any atom is -0.325 e. The third-order valence-electron chi connectivity index (χ3n) is 4.35. The largest absolute Gasteiger partial charge is 0.325 e. The van der Waals surface area contributed by atoms with Gasteiger partial charge in [0.2, 0.25) is 11.8 Å². The highest BCUT2D eigenvalue weighted by Crippen LogP contribution is 2.48. The first-order valence-corrected chi connectivity index (χ1v) is 8.77. The lowest BCUT2D eigenvalue weighted by atomic mass is 10.0. The topological polar surface area (TPSA) is 75.3 Å². The number of hydrogen-bond acceptors (Lipinski definition) is 3. The molecule has 1 fully saturated rings. The first-order chi connectivity index (χ1) is 12.3. The fraction of sp³-hybridized carbons (Fsp3) is 0.211. The first kappa shape index (κ1) is 18.4. The van der Waals surface area contributed by atoms with Gasteiger partial charge < -0.3 is 10.6 Å². The highest BCUT2D eigenvalue weighted by atomic mass is 35.5. The third-order valence-corrected chi connectivity index (χ3v) is 4.98. The Labute approximate surface area is 160 Å². The molecule has 1 aliphatic rings.